The highest BCUT2D eigenvalue weighted by atomic mass is 32.2. The number of carboxylic acids is 1. The third-order valence-electron chi connectivity index (χ3n) is 3.34. The van der Waals surface area contributed by atoms with E-state index < -0.39 is 33.3 Å². The standard InChI is InChI=1S/C13H15NO7S/c1-3-20-11-9-6(2)7(12(15)16)4-5-8(9)21-13(10(11)14)22(17,18)19/h4-5,11,13-14H,3H2,1-2H3,(H,15,16)(H,17,18,19). The highest BCUT2D eigenvalue weighted by Crippen LogP contribution is 2.39. The number of hydrogen-bond acceptors (Lipinski definition) is 6. The lowest BCUT2D eigenvalue weighted by atomic mass is 9.93. The first-order chi connectivity index (χ1) is 10.2. The molecule has 0 bridgehead atoms. The average molecular weight is 329 g/mol. The van der Waals surface area contributed by atoms with E-state index in [1.54, 1.807) is 6.92 Å². The molecule has 2 rings (SSSR count). The monoisotopic (exact) mass is 329 g/mol. The van der Waals surface area contributed by atoms with Crippen molar-refractivity contribution in [3.05, 3.63) is 28.8 Å². The molecule has 0 saturated heterocycles. The Balaban J connectivity index is 2.66. The van der Waals surface area contributed by atoms with Crippen LogP contribution < -0.4 is 4.74 Å². The minimum atomic E-state index is -4.65. The van der Waals surface area contributed by atoms with Crippen LogP contribution in [0.1, 0.15) is 34.5 Å². The molecule has 1 aliphatic rings. The largest absolute Gasteiger partial charge is 0.478 e. The summed E-state index contributed by atoms with van der Waals surface area (Å²) in [6, 6.07) is 2.57. The highest BCUT2D eigenvalue weighted by Gasteiger charge is 2.42. The second-order valence-electron chi connectivity index (χ2n) is 4.71. The van der Waals surface area contributed by atoms with Crippen LogP contribution in [0.2, 0.25) is 0 Å². The quantitative estimate of drug-likeness (QED) is 0.711. The first-order valence-electron chi connectivity index (χ1n) is 6.38. The minimum Gasteiger partial charge on any atom is -0.478 e. The fourth-order valence-electron chi connectivity index (χ4n) is 2.38. The zero-order chi connectivity index (χ0) is 16.7. The molecule has 0 amide bonds. The number of benzene rings is 1. The molecule has 9 heteroatoms. The summed E-state index contributed by atoms with van der Waals surface area (Å²) in [6.45, 7) is 3.35. The molecule has 0 saturated carbocycles. The Hall–Kier alpha value is -1.97. The molecular weight excluding hydrogens is 314 g/mol. The summed E-state index contributed by atoms with van der Waals surface area (Å²) in [5.74, 6) is -1.08. The van der Waals surface area contributed by atoms with Crippen LogP contribution in [0, 0.1) is 12.3 Å². The number of nitrogens with one attached hydrogen (secondary N) is 1. The Morgan fingerprint density at radius 3 is 2.59 bits per heavy atom. The van der Waals surface area contributed by atoms with Crippen LogP contribution >= 0.6 is 0 Å². The van der Waals surface area contributed by atoms with Gasteiger partial charge in [0.05, 0.1) is 5.56 Å². The molecule has 1 aliphatic heterocycles. The molecule has 1 heterocycles. The Labute approximate surface area is 126 Å². The van der Waals surface area contributed by atoms with Gasteiger partial charge in [0.2, 0.25) is 0 Å². The van der Waals surface area contributed by atoms with Gasteiger partial charge >= 0.3 is 16.1 Å². The average Bonchev–Trinajstić information content (AvgIpc) is 2.40. The maximum Gasteiger partial charge on any atom is 0.335 e. The van der Waals surface area contributed by atoms with Crippen molar-refractivity contribution >= 4 is 21.8 Å². The molecule has 0 spiro atoms. The van der Waals surface area contributed by atoms with Crippen LogP contribution in [0.3, 0.4) is 0 Å². The molecule has 120 valence electrons. The number of aromatic carboxylic acids is 1. The molecule has 0 aromatic heterocycles. The predicted molar refractivity (Wildman–Crippen MR) is 76.2 cm³/mol. The topological polar surface area (TPSA) is 134 Å². The van der Waals surface area contributed by atoms with Gasteiger partial charge in [-0.1, -0.05) is 0 Å². The van der Waals surface area contributed by atoms with Crippen LogP contribution in [0.4, 0.5) is 0 Å². The van der Waals surface area contributed by atoms with Gasteiger partial charge in [-0.15, -0.1) is 0 Å². The van der Waals surface area contributed by atoms with Gasteiger partial charge in [0, 0.05) is 12.2 Å². The Morgan fingerprint density at radius 2 is 2.09 bits per heavy atom. The van der Waals surface area contributed by atoms with Crippen molar-refractivity contribution in [2.45, 2.75) is 25.4 Å². The van der Waals surface area contributed by atoms with E-state index in [-0.39, 0.29) is 23.5 Å². The Kier molecular flexibility index (Phi) is 4.23. The van der Waals surface area contributed by atoms with Crippen molar-refractivity contribution in [1.29, 1.82) is 5.41 Å². The smallest absolute Gasteiger partial charge is 0.335 e. The van der Waals surface area contributed by atoms with Crippen molar-refractivity contribution in [1.82, 2.24) is 0 Å². The van der Waals surface area contributed by atoms with E-state index in [9.17, 15) is 17.8 Å². The van der Waals surface area contributed by atoms with Gasteiger partial charge in [-0.2, -0.15) is 8.42 Å². The van der Waals surface area contributed by atoms with Crippen molar-refractivity contribution < 1.29 is 32.3 Å². The predicted octanol–water partition coefficient (Wildman–Crippen LogP) is 1.40. The molecule has 0 radical (unpaired) electrons. The van der Waals surface area contributed by atoms with E-state index in [0.717, 1.165) is 0 Å². The van der Waals surface area contributed by atoms with Crippen LogP contribution in [0.5, 0.6) is 5.75 Å². The van der Waals surface area contributed by atoms with Gasteiger partial charge in [0.25, 0.3) is 5.44 Å². The van der Waals surface area contributed by atoms with Gasteiger partial charge in [-0.3, -0.25) is 4.55 Å². The number of carbonyl (C=O) groups is 1. The Bertz CT molecular complexity index is 741. The molecule has 1 aromatic carbocycles. The van der Waals surface area contributed by atoms with Gasteiger partial charge in [0.15, 0.2) is 0 Å². The number of hydrogen-bond donors (Lipinski definition) is 3. The molecule has 22 heavy (non-hydrogen) atoms. The zero-order valence-corrected chi connectivity index (χ0v) is 12.7. The summed E-state index contributed by atoms with van der Waals surface area (Å²) in [4.78, 5) is 11.2. The molecular formula is C13H15NO7S. The summed E-state index contributed by atoms with van der Waals surface area (Å²) in [7, 11) is -4.65. The van der Waals surface area contributed by atoms with Crippen molar-refractivity contribution in [3.8, 4) is 5.75 Å². The van der Waals surface area contributed by atoms with Crippen molar-refractivity contribution in [2.75, 3.05) is 6.61 Å². The molecule has 2 atom stereocenters. The van der Waals surface area contributed by atoms with Crippen LogP contribution in [0.25, 0.3) is 0 Å². The summed E-state index contributed by atoms with van der Waals surface area (Å²) < 4.78 is 42.5. The van der Waals surface area contributed by atoms with Crippen LogP contribution in [-0.4, -0.2) is 41.8 Å². The van der Waals surface area contributed by atoms with E-state index in [2.05, 4.69) is 0 Å². The van der Waals surface area contributed by atoms with Gasteiger partial charge < -0.3 is 20.0 Å². The number of ether oxygens (including phenoxy) is 2. The molecule has 8 nitrogen and oxygen atoms in total. The second-order valence-corrected chi connectivity index (χ2v) is 6.17. The van der Waals surface area contributed by atoms with E-state index in [1.165, 1.54) is 19.1 Å². The van der Waals surface area contributed by atoms with Gasteiger partial charge in [0.1, 0.15) is 17.6 Å². The third-order valence-corrected chi connectivity index (χ3v) is 4.23. The third kappa shape index (κ3) is 2.70. The fourth-order valence-corrected chi connectivity index (χ4v) is 3.05. The SMILES string of the molecule is CCOC1C(=N)C(S(=O)(=O)O)Oc2ccc(C(=O)O)c(C)c21. The van der Waals surface area contributed by atoms with E-state index in [1.807, 2.05) is 0 Å². The molecule has 0 aliphatic carbocycles. The first-order valence-corrected chi connectivity index (χ1v) is 7.88. The number of carboxylic acid groups (broad SMARTS) is 1. The molecule has 1 aromatic rings. The minimum absolute atomic E-state index is 0.00478. The maximum absolute atomic E-state index is 11.4. The first kappa shape index (κ1) is 16.4. The lowest BCUT2D eigenvalue weighted by molar-refractivity contribution is 0.0693. The van der Waals surface area contributed by atoms with Gasteiger partial charge in [-0.05, 0) is 31.5 Å². The summed E-state index contributed by atoms with van der Waals surface area (Å²) in [6.07, 6.45) is -1.10. The summed E-state index contributed by atoms with van der Waals surface area (Å²) in [5.41, 5.74) is -1.76. The van der Waals surface area contributed by atoms with Gasteiger partial charge in [-0.25, -0.2) is 4.79 Å². The lowest BCUT2D eigenvalue weighted by Gasteiger charge is -2.32. The lowest BCUT2D eigenvalue weighted by Crippen LogP contribution is -2.43. The normalized spacial score (nSPS) is 21.1. The Morgan fingerprint density at radius 1 is 1.45 bits per heavy atom. The van der Waals surface area contributed by atoms with Crippen LogP contribution in [-0.2, 0) is 14.9 Å². The highest BCUT2D eigenvalue weighted by molar-refractivity contribution is 7.87. The van der Waals surface area contributed by atoms with E-state index >= 15 is 0 Å². The molecule has 3 N–H and O–H groups in total. The van der Waals surface area contributed by atoms with E-state index in [4.69, 9.17) is 20.0 Å². The summed E-state index contributed by atoms with van der Waals surface area (Å²) >= 11 is 0. The number of rotatable bonds is 4. The maximum atomic E-state index is 11.4. The summed E-state index contributed by atoms with van der Waals surface area (Å²) in [5, 5.41) is 17.1. The second kappa shape index (κ2) is 5.67. The number of fused-ring (bicyclic) bond motifs is 1. The van der Waals surface area contributed by atoms with Crippen molar-refractivity contribution in [2.24, 2.45) is 0 Å². The van der Waals surface area contributed by atoms with Crippen molar-refractivity contribution in [3.63, 3.8) is 0 Å². The zero-order valence-electron chi connectivity index (χ0n) is 11.9. The fraction of sp³-hybridized carbons (Fsp3) is 0.385. The van der Waals surface area contributed by atoms with Crippen LogP contribution in [0.15, 0.2) is 12.1 Å². The molecule has 2 unspecified atom stereocenters. The molecule has 0 fully saturated rings. The van der Waals surface area contributed by atoms with E-state index in [0.29, 0.717) is 5.56 Å².